The van der Waals surface area contributed by atoms with Gasteiger partial charge in [0.2, 0.25) is 5.91 Å². The van der Waals surface area contributed by atoms with Gasteiger partial charge >= 0.3 is 0 Å². The number of aromatic nitrogens is 1. The van der Waals surface area contributed by atoms with Crippen molar-refractivity contribution in [1.82, 2.24) is 14.8 Å². The number of benzene rings is 2. The number of piperazine rings is 1. The number of rotatable bonds is 5. The molecule has 2 heterocycles. The fourth-order valence-electron chi connectivity index (χ4n) is 3.51. The summed E-state index contributed by atoms with van der Waals surface area (Å²) in [5.74, 6) is 0.0525. The Morgan fingerprint density at radius 3 is 2.52 bits per heavy atom. The summed E-state index contributed by atoms with van der Waals surface area (Å²) < 4.78 is 0. The first-order valence-corrected chi connectivity index (χ1v) is 9.39. The lowest BCUT2D eigenvalue weighted by Crippen LogP contribution is -2.48. The van der Waals surface area contributed by atoms with Gasteiger partial charge < -0.3 is 5.32 Å². The summed E-state index contributed by atoms with van der Waals surface area (Å²) in [6, 6.07) is 20.2. The molecule has 0 saturated carbocycles. The van der Waals surface area contributed by atoms with Crippen molar-refractivity contribution in [1.29, 1.82) is 0 Å². The van der Waals surface area contributed by atoms with Gasteiger partial charge in [-0.05, 0) is 35.9 Å². The first-order chi connectivity index (χ1) is 13.3. The van der Waals surface area contributed by atoms with Crippen molar-refractivity contribution in [2.45, 2.75) is 6.54 Å². The third-order valence-corrected chi connectivity index (χ3v) is 4.96. The highest BCUT2D eigenvalue weighted by Crippen LogP contribution is 2.16. The minimum absolute atomic E-state index is 0.0525. The summed E-state index contributed by atoms with van der Waals surface area (Å²) in [5, 5.41) is 4.14. The van der Waals surface area contributed by atoms with Crippen molar-refractivity contribution in [3.63, 3.8) is 0 Å². The largest absolute Gasteiger partial charge is 0.325 e. The molecule has 3 aromatic rings. The lowest BCUT2D eigenvalue weighted by Gasteiger charge is -2.34. The molecule has 4 rings (SSSR count). The fraction of sp³-hybridized carbons (Fsp3) is 0.273. The number of carbonyl (C=O) groups is 1. The van der Waals surface area contributed by atoms with Crippen LogP contribution in [-0.2, 0) is 11.3 Å². The van der Waals surface area contributed by atoms with Gasteiger partial charge in [0.05, 0.1) is 12.1 Å². The van der Waals surface area contributed by atoms with E-state index in [1.165, 1.54) is 10.9 Å². The van der Waals surface area contributed by atoms with Gasteiger partial charge in [-0.1, -0.05) is 30.3 Å². The first kappa shape index (κ1) is 17.6. The van der Waals surface area contributed by atoms with Gasteiger partial charge in [-0.15, -0.1) is 0 Å². The van der Waals surface area contributed by atoms with Crippen LogP contribution in [0.2, 0.25) is 0 Å². The molecule has 1 N–H and O–H groups in total. The number of carbonyl (C=O) groups excluding carboxylic acids is 1. The van der Waals surface area contributed by atoms with Crippen molar-refractivity contribution in [3.8, 4) is 0 Å². The quantitative estimate of drug-likeness (QED) is 0.760. The summed E-state index contributed by atoms with van der Waals surface area (Å²) in [5.41, 5.74) is 3.20. The van der Waals surface area contributed by atoms with E-state index in [2.05, 4.69) is 44.4 Å². The van der Waals surface area contributed by atoms with Crippen LogP contribution in [0.5, 0.6) is 0 Å². The Labute approximate surface area is 159 Å². The average Bonchev–Trinajstić information content (AvgIpc) is 2.70. The molecule has 1 aliphatic rings. The Morgan fingerprint density at radius 2 is 1.70 bits per heavy atom. The van der Waals surface area contributed by atoms with Crippen molar-refractivity contribution in [2.75, 3.05) is 38.0 Å². The van der Waals surface area contributed by atoms with E-state index in [0.717, 1.165) is 43.9 Å². The summed E-state index contributed by atoms with van der Waals surface area (Å²) in [7, 11) is 0. The molecular weight excluding hydrogens is 336 g/mol. The maximum Gasteiger partial charge on any atom is 0.238 e. The number of para-hydroxylation sites is 1. The maximum absolute atomic E-state index is 12.2. The van der Waals surface area contributed by atoms with E-state index in [-0.39, 0.29) is 5.91 Å². The molecule has 2 aromatic carbocycles. The molecule has 138 valence electrons. The van der Waals surface area contributed by atoms with Crippen LogP contribution in [0, 0.1) is 0 Å². The van der Waals surface area contributed by atoms with Gasteiger partial charge in [0.15, 0.2) is 0 Å². The van der Waals surface area contributed by atoms with Crippen molar-refractivity contribution < 1.29 is 4.79 Å². The van der Waals surface area contributed by atoms with Crippen molar-refractivity contribution >= 4 is 22.5 Å². The van der Waals surface area contributed by atoms with Gasteiger partial charge in [0, 0.05) is 50.0 Å². The Bertz CT molecular complexity index is 904. The third-order valence-electron chi connectivity index (χ3n) is 4.96. The van der Waals surface area contributed by atoms with Crippen LogP contribution in [0.4, 0.5) is 5.69 Å². The van der Waals surface area contributed by atoms with Crippen LogP contribution >= 0.6 is 0 Å². The number of fused-ring (bicyclic) bond motifs is 1. The van der Waals surface area contributed by atoms with Crippen LogP contribution in [0.3, 0.4) is 0 Å². The topological polar surface area (TPSA) is 48.5 Å². The molecule has 1 amide bonds. The number of amides is 1. The van der Waals surface area contributed by atoms with E-state index in [4.69, 9.17) is 0 Å². The van der Waals surface area contributed by atoms with E-state index in [1.807, 2.05) is 42.6 Å². The molecule has 0 spiro atoms. The molecule has 0 radical (unpaired) electrons. The molecule has 1 saturated heterocycles. The van der Waals surface area contributed by atoms with Crippen LogP contribution in [0.25, 0.3) is 10.9 Å². The molecule has 0 aliphatic carbocycles. The zero-order valence-electron chi connectivity index (χ0n) is 15.3. The highest BCUT2D eigenvalue weighted by Gasteiger charge is 2.19. The van der Waals surface area contributed by atoms with Crippen LogP contribution in [0.1, 0.15) is 5.56 Å². The molecular formula is C22H24N4O. The monoisotopic (exact) mass is 360 g/mol. The molecule has 0 bridgehead atoms. The predicted molar refractivity (Wildman–Crippen MR) is 109 cm³/mol. The number of anilines is 1. The van der Waals surface area contributed by atoms with E-state index in [9.17, 15) is 4.79 Å². The van der Waals surface area contributed by atoms with Crippen molar-refractivity contribution in [3.05, 3.63) is 72.4 Å². The SMILES string of the molecule is O=C(CN1CCN(Cc2ccc3ncccc3c2)CC1)Nc1ccccc1. The van der Waals surface area contributed by atoms with Gasteiger partial charge in [-0.2, -0.15) is 0 Å². The number of pyridine rings is 1. The highest BCUT2D eigenvalue weighted by atomic mass is 16.2. The second kappa shape index (κ2) is 8.29. The normalized spacial score (nSPS) is 15.7. The third kappa shape index (κ3) is 4.70. The van der Waals surface area contributed by atoms with Crippen LogP contribution < -0.4 is 5.32 Å². The van der Waals surface area contributed by atoms with E-state index in [0.29, 0.717) is 6.54 Å². The number of nitrogens with one attached hydrogen (secondary N) is 1. The molecule has 5 nitrogen and oxygen atoms in total. The second-order valence-corrected chi connectivity index (χ2v) is 7.00. The number of nitrogens with zero attached hydrogens (tertiary/aromatic N) is 3. The molecule has 1 fully saturated rings. The average molecular weight is 360 g/mol. The van der Waals surface area contributed by atoms with Gasteiger partial charge in [0.25, 0.3) is 0 Å². The minimum atomic E-state index is 0.0525. The van der Waals surface area contributed by atoms with Crippen molar-refractivity contribution in [2.24, 2.45) is 0 Å². The Kier molecular flexibility index (Phi) is 5.42. The highest BCUT2D eigenvalue weighted by molar-refractivity contribution is 5.92. The van der Waals surface area contributed by atoms with E-state index in [1.54, 1.807) is 0 Å². The number of hydrogen-bond acceptors (Lipinski definition) is 4. The lowest BCUT2D eigenvalue weighted by atomic mass is 10.1. The lowest BCUT2D eigenvalue weighted by molar-refractivity contribution is -0.117. The molecule has 0 atom stereocenters. The van der Waals surface area contributed by atoms with E-state index < -0.39 is 0 Å². The Hall–Kier alpha value is -2.76. The standard InChI is InChI=1S/C22H24N4O/c27-22(24-20-6-2-1-3-7-20)17-26-13-11-25(12-14-26)16-18-8-9-21-19(15-18)5-4-10-23-21/h1-10,15H,11-14,16-17H2,(H,24,27). The van der Waals surface area contributed by atoms with Gasteiger partial charge in [-0.25, -0.2) is 0 Å². The second-order valence-electron chi connectivity index (χ2n) is 7.00. The summed E-state index contributed by atoms with van der Waals surface area (Å²) in [6.45, 7) is 5.17. The van der Waals surface area contributed by atoms with E-state index >= 15 is 0 Å². The fourth-order valence-corrected chi connectivity index (χ4v) is 3.51. The minimum Gasteiger partial charge on any atom is -0.325 e. The Morgan fingerprint density at radius 1 is 0.926 bits per heavy atom. The summed E-state index contributed by atoms with van der Waals surface area (Å²) >= 11 is 0. The molecule has 5 heteroatoms. The zero-order chi connectivity index (χ0) is 18.5. The van der Waals surface area contributed by atoms with Crippen LogP contribution in [0.15, 0.2) is 66.9 Å². The summed E-state index contributed by atoms with van der Waals surface area (Å²) in [4.78, 5) is 21.3. The van der Waals surface area contributed by atoms with Gasteiger partial charge in [0.1, 0.15) is 0 Å². The molecule has 1 aromatic heterocycles. The maximum atomic E-state index is 12.2. The molecule has 27 heavy (non-hydrogen) atoms. The zero-order valence-corrected chi connectivity index (χ0v) is 15.3. The Balaban J connectivity index is 1.26. The number of hydrogen-bond donors (Lipinski definition) is 1. The predicted octanol–water partition coefficient (Wildman–Crippen LogP) is 2.99. The molecule has 1 aliphatic heterocycles. The first-order valence-electron chi connectivity index (χ1n) is 9.39. The van der Waals surface area contributed by atoms with Crippen LogP contribution in [-0.4, -0.2) is 53.4 Å². The summed E-state index contributed by atoms with van der Waals surface area (Å²) in [6.07, 6.45) is 1.83. The smallest absolute Gasteiger partial charge is 0.238 e. The molecule has 0 unspecified atom stereocenters. The van der Waals surface area contributed by atoms with Gasteiger partial charge in [-0.3, -0.25) is 19.6 Å².